The second-order valence-electron chi connectivity index (χ2n) is 6.05. The predicted molar refractivity (Wildman–Crippen MR) is 83.5 cm³/mol. The maximum absolute atomic E-state index is 6.38. The molecule has 2 saturated carbocycles. The molecule has 0 spiro atoms. The summed E-state index contributed by atoms with van der Waals surface area (Å²) in [6, 6.07) is 0. The van der Waals surface area contributed by atoms with Crippen LogP contribution in [-0.4, -0.2) is 33.5 Å². The number of halogens is 2. The molecule has 0 aromatic rings. The molecule has 2 fully saturated rings. The Balaban J connectivity index is 2.15. The summed E-state index contributed by atoms with van der Waals surface area (Å²) in [6.45, 7) is 0. The van der Waals surface area contributed by atoms with Crippen molar-refractivity contribution in [3.05, 3.63) is 0 Å². The number of rotatable bonds is 4. The zero-order valence-electron chi connectivity index (χ0n) is 12.0. The van der Waals surface area contributed by atoms with Crippen molar-refractivity contribution in [3.63, 3.8) is 0 Å². The number of hydrogen-bond acceptors (Lipinski definition) is 2. The van der Waals surface area contributed by atoms with E-state index in [2.05, 4.69) is 0 Å². The fourth-order valence-electron chi connectivity index (χ4n) is 4.07. The summed E-state index contributed by atoms with van der Waals surface area (Å²) in [5, 5.41) is 0.595. The molecule has 2 nitrogen and oxygen atoms in total. The Kier molecular flexibility index (Phi) is 6.03. The molecule has 5 heteroatoms. The molecule has 0 bridgehead atoms. The van der Waals surface area contributed by atoms with Crippen molar-refractivity contribution in [1.29, 1.82) is 0 Å². The van der Waals surface area contributed by atoms with Gasteiger partial charge < -0.3 is 8.85 Å². The van der Waals surface area contributed by atoms with Crippen LogP contribution in [0.5, 0.6) is 0 Å². The molecule has 0 amide bonds. The van der Waals surface area contributed by atoms with Crippen molar-refractivity contribution in [2.75, 3.05) is 14.2 Å². The van der Waals surface area contributed by atoms with Gasteiger partial charge in [-0.3, -0.25) is 0 Å². The smallest absolute Gasteiger partial charge is 0.344 e. The van der Waals surface area contributed by atoms with Gasteiger partial charge in [-0.2, -0.15) is 0 Å². The molecule has 4 atom stereocenters. The first-order valence-corrected chi connectivity index (χ1v) is 10.3. The second kappa shape index (κ2) is 7.12. The first kappa shape index (κ1) is 16.1. The van der Waals surface area contributed by atoms with Crippen molar-refractivity contribution in [1.82, 2.24) is 0 Å². The van der Waals surface area contributed by atoms with Crippen LogP contribution in [0.3, 0.4) is 0 Å². The van der Waals surface area contributed by atoms with Crippen molar-refractivity contribution < 1.29 is 8.85 Å². The molecule has 0 aliphatic heterocycles. The van der Waals surface area contributed by atoms with Crippen LogP contribution in [0.25, 0.3) is 0 Å². The summed E-state index contributed by atoms with van der Waals surface area (Å²) in [5.74, 6) is 0. The largest absolute Gasteiger partial charge is 0.397 e. The molecule has 112 valence electrons. The summed E-state index contributed by atoms with van der Waals surface area (Å²) in [7, 11) is 1.48. The lowest BCUT2D eigenvalue weighted by Crippen LogP contribution is -2.52. The minimum Gasteiger partial charge on any atom is -0.397 e. The molecule has 2 rings (SSSR count). The average Bonchev–Trinajstić information content (AvgIpc) is 2.41. The first-order chi connectivity index (χ1) is 9.12. The van der Waals surface area contributed by atoms with Crippen LogP contribution in [0.4, 0.5) is 0 Å². The molecule has 0 radical (unpaired) electrons. The van der Waals surface area contributed by atoms with E-state index < -0.39 is 8.56 Å². The zero-order chi connectivity index (χ0) is 13.9. The van der Waals surface area contributed by atoms with Crippen LogP contribution in [0.2, 0.25) is 11.1 Å². The normalized spacial score (nSPS) is 37.3. The average molecular weight is 325 g/mol. The molecular weight excluding hydrogens is 299 g/mol. The maximum Gasteiger partial charge on any atom is 0.344 e. The van der Waals surface area contributed by atoms with Gasteiger partial charge in [-0.05, 0) is 38.5 Å². The Morgan fingerprint density at radius 1 is 0.789 bits per heavy atom. The van der Waals surface area contributed by atoms with Crippen molar-refractivity contribution in [2.45, 2.75) is 73.2 Å². The molecule has 19 heavy (non-hydrogen) atoms. The maximum atomic E-state index is 6.38. The molecule has 2 aliphatic rings. The summed E-state index contributed by atoms with van der Waals surface area (Å²) in [4.78, 5) is 0. The van der Waals surface area contributed by atoms with Crippen LogP contribution in [0, 0.1) is 0 Å². The van der Waals surface area contributed by atoms with E-state index in [1.807, 2.05) is 14.2 Å². The van der Waals surface area contributed by atoms with Gasteiger partial charge in [0.2, 0.25) is 0 Å². The zero-order valence-corrected chi connectivity index (χ0v) is 14.6. The number of hydrogen-bond donors (Lipinski definition) is 0. The van der Waals surface area contributed by atoms with Gasteiger partial charge in [0, 0.05) is 36.1 Å². The van der Waals surface area contributed by atoms with Gasteiger partial charge in [-0.25, -0.2) is 0 Å². The predicted octanol–water partition coefficient (Wildman–Crippen LogP) is 4.82. The quantitative estimate of drug-likeness (QED) is 0.545. The molecule has 0 heterocycles. The minimum atomic E-state index is -2.19. The highest BCUT2D eigenvalue weighted by Crippen LogP contribution is 2.50. The van der Waals surface area contributed by atoms with Crippen molar-refractivity contribution >= 4 is 31.8 Å². The molecule has 2 aliphatic carbocycles. The third-order valence-corrected chi connectivity index (χ3v) is 10.4. The molecule has 4 unspecified atom stereocenters. The van der Waals surface area contributed by atoms with Gasteiger partial charge in [-0.15, -0.1) is 23.2 Å². The van der Waals surface area contributed by atoms with Gasteiger partial charge in [-0.1, -0.05) is 12.8 Å². The van der Waals surface area contributed by atoms with Gasteiger partial charge in [0.25, 0.3) is 0 Å². The highest BCUT2D eigenvalue weighted by atomic mass is 35.5. The van der Waals surface area contributed by atoms with Crippen molar-refractivity contribution in [3.8, 4) is 0 Å². The highest BCUT2D eigenvalue weighted by Gasteiger charge is 2.52. The van der Waals surface area contributed by atoms with E-state index in [0.717, 1.165) is 25.7 Å². The second-order valence-corrected chi connectivity index (χ2v) is 11.2. The van der Waals surface area contributed by atoms with Crippen LogP contribution in [0.1, 0.15) is 51.4 Å². The lowest BCUT2D eigenvalue weighted by atomic mass is 9.99. The molecule has 0 aromatic heterocycles. The Morgan fingerprint density at radius 3 is 1.53 bits per heavy atom. The summed E-state index contributed by atoms with van der Waals surface area (Å²) in [6.07, 6.45) is 9.21. The minimum absolute atomic E-state index is 0.298. The third-order valence-electron chi connectivity index (χ3n) is 5.00. The fraction of sp³-hybridized carbons (Fsp3) is 1.00. The lowest BCUT2D eigenvalue weighted by molar-refractivity contribution is 0.194. The van der Waals surface area contributed by atoms with E-state index in [4.69, 9.17) is 32.1 Å². The van der Waals surface area contributed by atoms with E-state index in [1.165, 1.54) is 25.7 Å². The van der Waals surface area contributed by atoms with Gasteiger partial charge >= 0.3 is 8.56 Å². The Hall–Kier alpha value is 0.717. The summed E-state index contributed by atoms with van der Waals surface area (Å²) >= 11 is 12.8. The van der Waals surface area contributed by atoms with Gasteiger partial charge in [0.15, 0.2) is 0 Å². The van der Waals surface area contributed by atoms with E-state index in [-0.39, 0.29) is 0 Å². The summed E-state index contributed by atoms with van der Waals surface area (Å²) < 4.78 is 12.1. The Bertz CT molecular complexity index is 263. The van der Waals surface area contributed by atoms with E-state index in [1.54, 1.807) is 0 Å². The first-order valence-electron chi connectivity index (χ1n) is 7.50. The molecular formula is C14H26Cl2O2Si. The fourth-order valence-corrected chi connectivity index (χ4v) is 9.72. The Labute approximate surface area is 128 Å². The van der Waals surface area contributed by atoms with Gasteiger partial charge in [0.05, 0.1) is 0 Å². The molecule has 0 aromatic carbocycles. The van der Waals surface area contributed by atoms with Crippen LogP contribution >= 0.6 is 23.2 Å². The van der Waals surface area contributed by atoms with E-state index in [0.29, 0.717) is 21.8 Å². The standard InChI is InChI=1S/C14H26Cl2O2Si/c1-17-19(18-2,13-7-3-5-11(15)9-13)14-8-4-6-12(16)10-14/h11-14H,3-10H2,1-2H3. The van der Waals surface area contributed by atoms with Crippen LogP contribution in [0.15, 0.2) is 0 Å². The monoisotopic (exact) mass is 324 g/mol. The number of alkyl halides is 2. The van der Waals surface area contributed by atoms with E-state index in [9.17, 15) is 0 Å². The van der Waals surface area contributed by atoms with E-state index >= 15 is 0 Å². The van der Waals surface area contributed by atoms with Gasteiger partial charge in [0.1, 0.15) is 0 Å². The lowest BCUT2D eigenvalue weighted by Gasteiger charge is -2.45. The third kappa shape index (κ3) is 3.49. The topological polar surface area (TPSA) is 18.5 Å². The summed E-state index contributed by atoms with van der Waals surface area (Å²) in [5.41, 5.74) is 1.07. The molecule has 0 N–H and O–H groups in total. The SMILES string of the molecule is CO[Si](OC)(C1CCCC(Cl)C1)C1CCCC(Cl)C1. The highest BCUT2D eigenvalue weighted by molar-refractivity contribution is 6.70. The van der Waals surface area contributed by atoms with Crippen LogP contribution in [-0.2, 0) is 8.85 Å². The van der Waals surface area contributed by atoms with Crippen molar-refractivity contribution in [2.24, 2.45) is 0 Å². The van der Waals surface area contributed by atoms with Crippen LogP contribution < -0.4 is 0 Å². The Morgan fingerprint density at radius 2 is 1.21 bits per heavy atom. The molecule has 0 saturated heterocycles.